The first-order valence-electron chi connectivity index (χ1n) is 4.79. The number of rotatable bonds is 2. The summed E-state index contributed by atoms with van der Waals surface area (Å²) in [6, 6.07) is 1.57. The molecule has 8 heteroatoms. The van der Waals surface area contributed by atoms with E-state index in [9.17, 15) is 26.3 Å². The molecule has 1 atom stereocenters. The van der Waals surface area contributed by atoms with Crippen LogP contribution in [0, 0.1) is 19.8 Å². The zero-order valence-corrected chi connectivity index (χ0v) is 11.7. The summed E-state index contributed by atoms with van der Waals surface area (Å²) in [5.41, 5.74) is 0.429. The predicted molar refractivity (Wildman–Crippen MR) is 61.1 cm³/mol. The smallest absolute Gasteiger partial charge is 0.170 e. The highest BCUT2D eigenvalue weighted by atomic mass is 79.9. The summed E-state index contributed by atoms with van der Waals surface area (Å²) >= 11 is 3.49. The Hall–Kier alpha value is -0.240. The van der Waals surface area contributed by atoms with E-state index in [1.807, 2.05) is 0 Å². The highest BCUT2D eigenvalue weighted by Crippen LogP contribution is 2.51. The van der Waals surface area contributed by atoms with Crippen molar-refractivity contribution in [3.05, 3.63) is 21.4 Å². The molecule has 0 spiro atoms. The molecule has 104 valence electrons. The maximum absolute atomic E-state index is 12.5. The molecule has 0 fully saturated rings. The largest absolute Gasteiger partial charge is 0.401 e. The summed E-state index contributed by atoms with van der Waals surface area (Å²) in [6.07, 6.45) is -10.7. The van der Waals surface area contributed by atoms with Crippen molar-refractivity contribution in [2.45, 2.75) is 31.0 Å². The third-order valence-corrected chi connectivity index (χ3v) is 4.85. The van der Waals surface area contributed by atoms with Gasteiger partial charge in [-0.3, -0.25) is 0 Å². The van der Waals surface area contributed by atoms with Crippen LogP contribution in [0.15, 0.2) is 6.07 Å². The summed E-state index contributed by atoms with van der Waals surface area (Å²) in [5, 5.41) is 0. The van der Waals surface area contributed by atoms with E-state index < -0.39 is 23.1 Å². The molecule has 0 aliphatic heterocycles. The standard InChI is InChI=1S/C10H9BrF6S/c1-4-3-5(2)18-7(4)6(11)8(9(12,13)14)10(15,16)17/h3,6,8H,1-2H3. The highest BCUT2D eigenvalue weighted by Gasteiger charge is 2.60. The van der Waals surface area contributed by atoms with Crippen molar-refractivity contribution in [1.82, 2.24) is 0 Å². The lowest BCUT2D eigenvalue weighted by atomic mass is 10.0. The van der Waals surface area contributed by atoms with Crippen LogP contribution in [0.3, 0.4) is 0 Å². The summed E-state index contributed by atoms with van der Waals surface area (Å²) in [7, 11) is 0. The van der Waals surface area contributed by atoms with Crippen molar-refractivity contribution in [3.8, 4) is 0 Å². The zero-order chi connectivity index (χ0) is 14.3. The lowest BCUT2D eigenvalue weighted by molar-refractivity contribution is -0.283. The van der Waals surface area contributed by atoms with Gasteiger partial charge in [0.2, 0.25) is 0 Å². The van der Waals surface area contributed by atoms with E-state index in [0.717, 1.165) is 11.3 Å². The molecule has 1 heterocycles. The Balaban J connectivity index is 3.19. The SMILES string of the molecule is Cc1cc(C)c(C(Br)C(C(F)(F)F)C(F)(F)F)s1. The Kier molecular flexibility index (Phi) is 4.42. The minimum absolute atomic E-state index is 0.0622. The van der Waals surface area contributed by atoms with Gasteiger partial charge in [0.1, 0.15) is 0 Å². The molecular weight excluding hydrogens is 346 g/mol. The first kappa shape index (κ1) is 15.8. The van der Waals surface area contributed by atoms with Crippen LogP contribution in [0.4, 0.5) is 26.3 Å². The molecule has 0 amide bonds. The minimum atomic E-state index is -5.34. The Morgan fingerprint density at radius 2 is 1.50 bits per heavy atom. The second-order valence-corrected chi connectivity index (χ2v) is 6.14. The molecule has 0 bridgehead atoms. The van der Waals surface area contributed by atoms with Gasteiger partial charge in [0.15, 0.2) is 5.92 Å². The first-order valence-corrected chi connectivity index (χ1v) is 6.52. The number of hydrogen-bond donors (Lipinski definition) is 0. The first-order chi connectivity index (χ1) is 7.94. The second kappa shape index (κ2) is 5.03. The third kappa shape index (κ3) is 3.40. The second-order valence-electron chi connectivity index (χ2n) is 3.87. The van der Waals surface area contributed by atoms with Gasteiger partial charge in [0.05, 0.1) is 4.83 Å². The van der Waals surface area contributed by atoms with Crippen LogP contribution >= 0.6 is 27.3 Å². The van der Waals surface area contributed by atoms with Gasteiger partial charge in [-0.05, 0) is 25.5 Å². The molecule has 0 N–H and O–H groups in total. The zero-order valence-electron chi connectivity index (χ0n) is 9.29. The van der Waals surface area contributed by atoms with Gasteiger partial charge in [-0.25, -0.2) is 0 Å². The lowest BCUT2D eigenvalue weighted by Gasteiger charge is -2.27. The molecule has 1 aromatic heterocycles. The van der Waals surface area contributed by atoms with Crippen LogP contribution < -0.4 is 0 Å². The number of alkyl halides is 7. The van der Waals surface area contributed by atoms with E-state index in [-0.39, 0.29) is 4.88 Å². The van der Waals surface area contributed by atoms with E-state index >= 15 is 0 Å². The Morgan fingerprint density at radius 3 is 1.78 bits per heavy atom. The lowest BCUT2D eigenvalue weighted by Crippen LogP contribution is -2.39. The number of hydrogen-bond acceptors (Lipinski definition) is 1. The fourth-order valence-corrected chi connectivity index (χ4v) is 3.89. The van der Waals surface area contributed by atoms with Gasteiger partial charge in [0, 0.05) is 9.75 Å². The predicted octanol–water partition coefficient (Wildman–Crippen LogP) is 5.54. The van der Waals surface area contributed by atoms with E-state index in [1.165, 1.54) is 6.92 Å². The molecule has 1 aromatic rings. The molecule has 0 aliphatic carbocycles. The van der Waals surface area contributed by atoms with E-state index in [2.05, 4.69) is 15.9 Å². The molecule has 0 aromatic carbocycles. The number of halogens is 7. The fraction of sp³-hybridized carbons (Fsp3) is 0.600. The van der Waals surface area contributed by atoms with Crippen LogP contribution in [0.1, 0.15) is 20.1 Å². The van der Waals surface area contributed by atoms with Crippen molar-refractivity contribution in [2.75, 3.05) is 0 Å². The Bertz CT molecular complexity index is 405. The average Bonchev–Trinajstić information content (AvgIpc) is 2.39. The van der Waals surface area contributed by atoms with Gasteiger partial charge in [-0.2, -0.15) is 26.3 Å². The van der Waals surface area contributed by atoms with Crippen molar-refractivity contribution >= 4 is 27.3 Å². The fourth-order valence-electron chi connectivity index (χ4n) is 1.60. The highest BCUT2D eigenvalue weighted by molar-refractivity contribution is 9.09. The molecule has 0 aliphatic rings. The molecule has 18 heavy (non-hydrogen) atoms. The van der Waals surface area contributed by atoms with Crippen LogP contribution in [0.5, 0.6) is 0 Å². The summed E-state index contributed by atoms with van der Waals surface area (Å²) in [4.78, 5) is -1.07. The van der Waals surface area contributed by atoms with Gasteiger partial charge in [0.25, 0.3) is 0 Å². The maximum Gasteiger partial charge on any atom is 0.401 e. The maximum atomic E-state index is 12.5. The van der Waals surface area contributed by atoms with Gasteiger partial charge in [-0.15, -0.1) is 11.3 Å². The topological polar surface area (TPSA) is 0 Å². The van der Waals surface area contributed by atoms with E-state index in [4.69, 9.17) is 0 Å². The molecule has 1 unspecified atom stereocenters. The van der Waals surface area contributed by atoms with Crippen molar-refractivity contribution < 1.29 is 26.3 Å². The van der Waals surface area contributed by atoms with Gasteiger partial charge in [-0.1, -0.05) is 15.9 Å². The molecule has 0 saturated carbocycles. The normalized spacial score (nSPS) is 15.2. The van der Waals surface area contributed by atoms with Crippen molar-refractivity contribution in [3.63, 3.8) is 0 Å². The molecular formula is C10H9BrF6S. The van der Waals surface area contributed by atoms with Crippen LogP contribution in [0.25, 0.3) is 0 Å². The molecule has 0 nitrogen and oxygen atoms in total. The number of thiophene rings is 1. The summed E-state index contributed by atoms with van der Waals surface area (Å²) in [5.74, 6) is -3.40. The van der Waals surface area contributed by atoms with E-state index in [1.54, 1.807) is 13.0 Å². The van der Waals surface area contributed by atoms with Crippen molar-refractivity contribution in [2.24, 2.45) is 5.92 Å². The Morgan fingerprint density at radius 1 is 1.06 bits per heavy atom. The van der Waals surface area contributed by atoms with Crippen LogP contribution in [0.2, 0.25) is 0 Å². The number of aryl methyl sites for hydroxylation is 2. The Labute approximate surface area is 112 Å². The molecule has 0 saturated heterocycles. The monoisotopic (exact) mass is 354 g/mol. The average molecular weight is 355 g/mol. The molecule has 1 rings (SSSR count). The van der Waals surface area contributed by atoms with Crippen LogP contribution in [-0.4, -0.2) is 12.4 Å². The van der Waals surface area contributed by atoms with E-state index in [0.29, 0.717) is 10.4 Å². The summed E-state index contributed by atoms with van der Waals surface area (Å²) in [6.45, 7) is 3.13. The minimum Gasteiger partial charge on any atom is -0.170 e. The van der Waals surface area contributed by atoms with Crippen LogP contribution in [-0.2, 0) is 0 Å². The summed E-state index contributed by atoms with van der Waals surface area (Å²) < 4.78 is 75.3. The van der Waals surface area contributed by atoms with Gasteiger partial charge >= 0.3 is 12.4 Å². The molecule has 0 radical (unpaired) electrons. The van der Waals surface area contributed by atoms with Crippen molar-refractivity contribution in [1.29, 1.82) is 0 Å². The van der Waals surface area contributed by atoms with Gasteiger partial charge < -0.3 is 0 Å². The third-order valence-electron chi connectivity index (χ3n) is 2.33. The quantitative estimate of drug-likeness (QED) is 0.483.